The Labute approximate surface area is 178 Å². The largest absolute Gasteiger partial charge is 0.386 e. The van der Waals surface area contributed by atoms with Crippen molar-refractivity contribution in [3.05, 3.63) is 74.8 Å². The molecular weight excluding hydrogens is 402 g/mol. The molecule has 9 nitrogen and oxygen atoms in total. The number of hydrogen-bond donors (Lipinski definition) is 2. The molecule has 1 aliphatic rings. The second-order valence-electron chi connectivity index (χ2n) is 7.89. The monoisotopic (exact) mass is 425 g/mol. The molecule has 3 rings (SSSR count). The maximum Gasteiger partial charge on any atom is 0.270 e. The number of nitrogens with one attached hydrogen (secondary N) is 1. The Hall–Kier alpha value is -3.59. The van der Waals surface area contributed by atoms with E-state index in [2.05, 4.69) is 5.32 Å². The second-order valence-corrected chi connectivity index (χ2v) is 7.89. The van der Waals surface area contributed by atoms with E-state index < -0.39 is 22.3 Å². The van der Waals surface area contributed by atoms with Crippen LogP contribution < -0.4 is 5.32 Å². The number of carbonyl (C=O) groups excluding carboxylic acids is 3. The first-order valence-electron chi connectivity index (χ1n) is 9.81. The van der Waals surface area contributed by atoms with Crippen LogP contribution in [0.2, 0.25) is 0 Å². The highest BCUT2D eigenvalue weighted by Crippen LogP contribution is 2.27. The summed E-state index contributed by atoms with van der Waals surface area (Å²) in [7, 11) is 0. The lowest BCUT2D eigenvalue weighted by Crippen LogP contribution is -2.32. The Balaban J connectivity index is 1.49. The first-order chi connectivity index (χ1) is 14.6. The Kier molecular flexibility index (Phi) is 6.16. The molecule has 0 radical (unpaired) electrons. The van der Waals surface area contributed by atoms with Crippen molar-refractivity contribution in [3.63, 3.8) is 0 Å². The maximum atomic E-state index is 12.4. The van der Waals surface area contributed by atoms with Crippen LogP contribution in [0.1, 0.15) is 58.5 Å². The summed E-state index contributed by atoms with van der Waals surface area (Å²) in [6.45, 7) is 3.76. The molecule has 9 heteroatoms. The molecule has 2 N–H and O–H groups in total. The Morgan fingerprint density at radius 2 is 1.74 bits per heavy atom. The van der Waals surface area contributed by atoms with Crippen LogP contribution in [0, 0.1) is 10.1 Å². The number of benzene rings is 2. The molecule has 0 bridgehead atoms. The van der Waals surface area contributed by atoms with Gasteiger partial charge in [0.05, 0.1) is 21.7 Å². The Morgan fingerprint density at radius 1 is 1.10 bits per heavy atom. The van der Waals surface area contributed by atoms with Gasteiger partial charge in [0.25, 0.3) is 17.5 Å². The van der Waals surface area contributed by atoms with Gasteiger partial charge in [0, 0.05) is 31.6 Å². The number of nitro benzene ring substituents is 1. The molecule has 31 heavy (non-hydrogen) atoms. The number of hydrogen-bond acceptors (Lipinski definition) is 6. The smallest absolute Gasteiger partial charge is 0.270 e. The van der Waals surface area contributed by atoms with Crippen LogP contribution >= 0.6 is 0 Å². The molecule has 0 aromatic heterocycles. The molecule has 3 amide bonds. The topological polar surface area (TPSA) is 130 Å². The Bertz CT molecular complexity index is 1040. The van der Waals surface area contributed by atoms with E-state index in [1.54, 1.807) is 26.0 Å². The first kappa shape index (κ1) is 22.1. The molecule has 0 unspecified atom stereocenters. The summed E-state index contributed by atoms with van der Waals surface area (Å²) in [6.07, 6.45) is 0.395. The third-order valence-electron chi connectivity index (χ3n) is 5.10. The summed E-state index contributed by atoms with van der Waals surface area (Å²) in [5, 5.41) is 23.6. The fourth-order valence-electron chi connectivity index (χ4n) is 3.31. The van der Waals surface area contributed by atoms with E-state index in [-0.39, 0.29) is 42.1 Å². The molecule has 0 atom stereocenters. The zero-order valence-corrected chi connectivity index (χ0v) is 17.3. The summed E-state index contributed by atoms with van der Waals surface area (Å²) in [6, 6.07) is 10.8. The number of nitrogens with zero attached hydrogens (tertiary/aromatic N) is 2. The number of aliphatic hydroxyl groups is 1. The first-order valence-corrected chi connectivity index (χ1v) is 9.81. The molecule has 0 fully saturated rings. The molecule has 1 heterocycles. The predicted molar refractivity (Wildman–Crippen MR) is 111 cm³/mol. The second kappa shape index (κ2) is 8.65. The Morgan fingerprint density at radius 3 is 2.35 bits per heavy atom. The maximum absolute atomic E-state index is 12.4. The highest BCUT2D eigenvalue weighted by Gasteiger charge is 2.36. The average Bonchev–Trinajstić information content (AvgIpc) is 2.96. The van der Waals surface area contributed by atoms with Gasteiger partial charge in [-0.3, -0.25) is 29.4 Å². The van der Waals surface area contributed by atoms with Gasteiger partial charge in [0.15, 0.2) is 0 Å². The number of rotatable bonds is 8. The summed E-state index contributed by atoms with van der Waals surface area (Å²) in [5.41, 5.74) is 0.609. The number of imide groups is 1. The molecule has 2 aromatic rings. The van der Waals surface area contributed by atoms with Crippen LogP contribution in [0.4, 0.5) is 5.69 Å². The summed E-state index contributed by atoms with van der Waals surface area (Å²) < 4.78 is 0. The van der Waals surface area contributed by atoms with Crippen molar-refractivity contribution in [1.29, 1.82) is 0 Å². The van der Waals surface area contributed by atoms with E-state index in [1.165, 1.54) is 12.1 Å². The van der Waals surface area contributed by atoms with Crippen LogP contribution in [0.25, 0.3) is 0 Å². The fourth-order valence-corrected chi connectivity index (χ4v) is 3.31. The number of amides is 3. The lowest BCUT2D eigenvalue weighted by Gasteiger charge is -2.18. The van der Waals surface area contributed by atoms with Crippen LogP contribution in [0.15, 0.2) is 42.5 Å². The van der Waals surface area contributed by atoms with Crippen molar-refractivity contribution in [2.45, 2.75) is 38.8 Å². The van der Waals surface area contributed by atoms with Crippen molar-refractivity contribution in [1.82, 2.24) is 10.2 Å². The van der Waals surface area contributed by atoms with Crippen LogP contribution in [-0.2, 0) is 16.9 Å². The number of fused-ring (bicyclic) bond motifs is 1. The molecular formula is C22H23N3O6. The van der Waals surface area contributed by atoms with Crippen molar-refractivity contribution in [3.8, 4) is 0 Å². The van der Waals surface area contributed by atoms with Crippen LogP contribution in [0.3, 0.4) is 0 Å². The quantitative estimate of drug-likeness (QED) is 0.380. The minimum absolute atomic E-state index is 0.0122. The van der Waals surface area contributed by atoms with Gasteiger partial charge >= 0.3 is 0 Å². The van der Waals surface area contributed by atoms with Crippen molar-refractivity contribution in [2.75, 3.05) is 6.54 Å². The normalized spacial score (nSPS) is 13.3. The lowest BCUT2D eigenvalue weighted by atomic mass is 9.97. The number of non-ortho nitro benzene ring substituents is 1. The van der Waals surface area contributed by atoms with Crippen molar-refractivity contribution in [2.24, 2.45) is 0 Å². The third kappa shape index (κ3) is 4.95. The van der Waals surface area contributed by atoms with E-state index >= 15 is 0 Å². The van der Waals surface area contributed by atoms with Gasteiger partial charge in [0.1, 0.15) is 0 Å². The van der Waals surface area contributed by atoms with E-state index in [4.69, 9.17) is 0 Å². The molecule has 0 saturated heterocycles. The van der Waals surface area contributed by atoms with Gasteiger partial charge in [-0.25, -0.2) is 0 Å². The molecule has 1 aliphatic heterocycles. The highest BCUT2D eigenvalue weighted by atomic mass is 16.6. The lowest BCUT2D eigenvalue weighted by molar-refractivity contribution is -0.384. The summed E-state index contributed by atoms with van der Waals surface area (Å²) in [4.78, 5) is 48.2. The SMILES string of the molecule is CC(C)(O)c1ccc(CNC(=O)CCCN2C(=O)c3ccc([N+](=O)[O-])cc3C2=O)cc1. The molecule has 162 valence electrons. The van der Waals surface area contributed by atoms with E-state index in [0.717, 1.165) is 22.1 Å². The highest BCUT2D eigenvalue weighted by molar-refractivity contribution is 6.21. The van der Waals surface area contributed by atoms with Gasteiger partial charge in [-0.15, -0.1) is 0 Å². The van der Waals surface area contributed by atoms with Gasteiger partial charge in [-0.05, 0) is 37.5 Å². The zero-order chi connectivity index (χ0) is 22.8. The predicted octanol–water partition coefficient (Wildman–Crippen LogP) is 2.51. The fraction of sp³-hybridized carbons (Fsp3) is 0.318. The molecule has 0 aliphatic carbocycles. The number of carbonyl (C=O) groups is 3. The number of nitro groups is 1. The van der Waals surface area contributed by atoms with Gasteiger partial charge in [-0.2, -0.15) is 0 Å². The van der Waals surface area contributed by atoms with Gasteiger partial charge in [0.2, 0.25) is 5.91 Å². The standard InChI is InChI=1S/C22H23N3O6/c1-22(2,29)15-7-5-14(6-8-15)13-23-19(26)4-3-11-24-20(27)17-10-9-16(25(30)31)12-18(17)21(24)28/h5-10,12,29H,3-4,11,13H2,1-2H3,(H,23,26). The van der Waals surface area contributed by atoms with Crippen LogP contribution in [-0.4, -0.2) is 39.2 Å². The summed E-state index contributed by atoms with van der Waals surface area (Å²) in [5.74, 6) is -1.32. The van der Waals surface area contributed by atoms with Crippen molar-refractivity contribution >= 4 is 23.4 Å². The average molecular weight is 425 g/mol. The zero-order valence-electron chi connectivity index (χ0n) is 17.3. The molecule has 0 spiro atoms. The third-order valence-corrected chi connectivity index (χ3v) is 5.10. The minimum Gasteiger partial charge on any atom is -0.386 e. The molecule has 2 aromatic carbocycles. The van der Waals surface area contributed by atoms with Gasteiger partial charge in [-0.1, -0.05) is 24.3 Å². The van der Waals surface area contributed by atoms with E-state index in [9.17, 15) is 29.6 Å². The minimum atomic E-state index is -0.934. The van der Waals surface area contributed by atoms with Crippen LogP contribution in [0.5, 0.6) is 0 Å². The van der Waals surface area contributed by atoms with E-state index in [0.29, 0.717) is 6.54 Å². The summed E-state index contributed by atoms with van der Waals surface area (Å²) >= 11 is 0. The van der Waals surface area contributed by atoms with E-state index in [1.807, 2.05) is 12.1 Å². The van der Waals surface area contributed by atoms with Gasteiger partial charge < -0.3 is 10.4 Å². The van der Waals surface area contributed by atoms with Crippen molar-refractivity contribution < 1.29 is 24.4 Å². The molecule has 0 saturated carbocycles.